The molecule has 0 amide bonds. The Balaban J connectivity index is 2.92. The lowest BCUT2D eigenvalue weighted by Gasteiger charge is -2.18. The lowest BCUT2D eigenvalue weighted by Crippen LogP contribution is -2.25. The Kier molecular flexibility index (Phi) is 4.95. The maximum atomic E-state index is 11.8. The first-order valence-corrected chi connectivity index (χ1v) is 6.21. The Morgan fingerprint density at radius 2 is 1.68 bits per heavy atom. The van der Waals surface area contributed by atoms with Gasteiger partial charge in [0.05, 0.1) is 5.41 Å². The average molecular weight is 266 g/mol. The molecular weight excluding hydrogens is 244 g/mol. The van der Waals surface area contributed by atoms with Gasteiger partial charge in [0.1, 0.15) is 11.5 Å². The third kappa shape index (κ3) is 4.24. The first kappa shape index (κ1) is 15.5. The first-order chi connectivity index (χ1) is 8.75. The van der Waals surface area contributed by atoms with Crippen molar-refractivity contribution in [3.8, 4) is 11.5 Å². The van der Waals surface area contributed by atoms with Gasteiger partial charge in [-0.15, -0.1) is 0 Å². The normalized spacial score (nSPS) is 11.3. The summed E-state index contributed by atoms with van der Waals surface area (Å²) in [5, 5.41) is 0. The number of hydrogen-bond donors (Lipinski definition) is 0. The molecule has 0 aromatic heterocycles. The van der Waals surface area contributed by atoms with Crippen LogP contribution in [0.5, 0.6) is 11.5 Å². The predicted octanol–water partition coefficient (Wildman–Crippen LogP) is 3.24. The van der Waals surface area contributed by atoms with Crippen molar-refractivity contribution in [2.45, 2.75) is 34.6 Å². The SMILES string of the molecule is COCOc1c(C)cc(OC(=O)C(C)(C)C)cc1C. The molecule has 106 valence electrons. The maximum absolute atomic E-state index is 11.8. The number of ether oxygens (including phenoxy) is 3. The van der Waals surface area contributed by atoms with Gasteiger partial charge in [-0.3, -0.25) is 4.79 Å². The number of hydrogen-bond acceptors (Lipinski definition) is 4. The average Bonchev–Trinajstić information content (AvgIpc) is 2.26. The van der Waals surface area contributed by atoms with Crippen molar-refractivity contribution in [3.63, 3.8) is 0 Å². The molecular formula is C15H22O4. The Bertz CT molecular complexity index is 435. The molecule has 0 N–H and O–H groups in total. The molecule has 0 saturated heterocycles. The molecule has 0 heterocycles. The standard InChI is InChI=1S/C15H22O4/c1-10-7-12(19-14(16)15(3,4)5)8-11(2)13(10)18-9-17-6/h7-8H,9H2,1-6H3. The highest BCUT2D eigenvalue weighted by atomic mass is 16.7. The number of rotatable bonds is 4. The van der Waals surface area contributed by atoms with E-state index in [0.717, 1.165) is 16.9 Å². The minimum absolute atomic E-state index is 0.197. The summed E-state index contributed by atoms with van der Waals surface area (Å²) in [7, 11) is 1.57. The summed E-state index contributed by atoms with van der Waals surface area (Å²) in [4.78, 5) is 11.8. The second kappa shape index (κ2) is 6.06. The number of esters is 1. The fourth-order valence-electron chi connectivity index (χ4n) is 1.58. The van der Waals surface area contributed by atoms with Crippen LogP contribution in [0, 0.1) is 19.3 Å². The Morgan fingerprint density at radius 3 is 2.11 bits per heavy atom. The maximum Gasteiger partial charge on any atom is 0.316 e. The van der Waals surface area contributed by atoms with Crippen molar-refractivity contribution >= 4 is 5.97 Å². The molecule has 0 aliphatic rings. The molecule has 19 heavy (non-hydrogen) atoms. The zero-order valence-corrected chi connectivity index (χ0v) is 12.5. The van der Waals surface area contributed by atoms with Crippen LogP contribution in [0.1, 0.15) is 31.9 Å². The fraction of sp³-hybridized carbons (Fsp3) is 0.533. The van der Waals surface area contributed by atoms with Crippen molar-refractivity contribution in [2.75, 3.05) is 13.9 Å². The molecule has 0 atom stereocenters. The zero-order chi connectivity index (χ0) is 14.6. The molecule has 0 saturated carbocycles. The van der Waals surface area contributed by atoms with E-state index in [4.69, 9.17) is 14.2 Å². The van der Waals surface area contributed by atoms with Gasteiger partial charge in [0.25, 0.3) is 0 Å². The number of aryl methyl sites for hydroxylation is 2. The summed E-state index contributed by atoms with van der Waals surface area (Å²) >= 11 is 0. The van der Waals surface area contributed by atoms with Crippen molar-refractivity contribution in [1.29, 1.82) is 0 Å². The molecule has 0 bridgehead atoms. The van der Waals surface area contributed by atoms with E-state index < -0.39 is 5.41 Å². The third-order valence-corrected chi connectivity index (χ3v) is 2.58. The topological polar surface area (TPSA) is 44.8 Å². The van der Waals surface area contributed by atoms with Crippen molar-refractivity contribution in [1.82, 2.24) is 0 Å². The quantitative estimate of drug-likeness (QED) is 0.477. The van der Waals surface area contributed by atoms with Crippen LogP contribution >= 0.6 is 0 Å². The summed E-state index contributed by atoms with van der Waals surface area (Å²) < 4.78 is 15.7. The molecule has 0 aliphatic carbocycles. The van der Waals surface area contributed by atoms with E-state index in [0.29, 0.717) is 5.75 Å². The molecule has 0 spiro atoms. The smallest absolute Gasteiger partial charge is 0.316 e. The summed E-state index contributed by atoms with van der Waals surface area (Å²) in [6.45, 7) is 9.49. The van der Waals surface area contributed by atoms with Gasteiger partial charge in [-0.1, -0.05) is 0 Å². The van der Waals surface area contributed by atoms with Crippen LogP contribution in [0.4, 0.5) is 0 Å². The molecule has 0 aliphatic heterocycles. The highest BCUT2D eigenvalue weighted by molar-refractivity contribution is 5.78. The van der Waals surface area contributed by atoms with E-state index in [1.807, 2.05) is 34.6 Å². The Labute approximate surface area is 114 Å². The Hall–Kier alpha value is -1.55. The lowest BCUT2D eigenvalue weighted by molar-refractivity contribution is -0.143. The van der Waals surface area contributed by atoms with Gasteiger partial charge >= 0.3 is 5.97 Å². The van der Waals surface area contributed by atoms with E-state index in [-0.39, 0.29) is 12.8 Å². The largest absolute Gasteiger partial charge is 0.467 e. The summed E-state index contributed by atoms with van der Waals surface area (Å²) in [5.41, 5.74) is 1.30. The molecule has 0 radical (unpaired) electrons. The highest BCUT2D eigenvalue weighted by Crippen LogP contribution is 2.29. The van der Waals surface area contributed by atoms with Crippen LogP contribution in [-0.4, -0.2) is 19.9 Å². The number of carbonyl (C=O) groups excluding carboxylic acids is 1. The van der Waals surface area contributed by atoms with E-state index in [9.17, 15) is 4.79 Å². The van der Waals surface area contributed by atoms with E-state index in [1.54, 1.807) is 19.2 Å². The van der Waals surface area contributed by atoms with Crippen LogP contribution in [0.2, 0.25) is 0 Å². The molecule has 1 rings (SSSR count). The highest BCUT2D eigenvalue weighted by Gasteiger charge is 2.24. The van der Waals surface area contributed by atoms with E-state index in [1.165, 1.54) is 0 Å². The van der Waals surface area contributed by atoms with Gasteiger partial charge in [-0.05, 0) is 57.9 Å². The monoisotopic (exact) mass is 266 g/mol. The van der Waals surface area contributed by atoms with Crippen molar-refractivity contribution in [3.05, 3.63) is 23.3 Å². The first-order valence-electron chi connectivity index (χ1n) is 6.21. The molecule has 0 unspecified atom stereocenters. The van der Waals surface area contributed by atoms with Gasteiger partial charge in [0.2, 0.25) is 0 Å². The van der Waals surface area contributed by atoms with Gasteiger partial charge in [0.15, 0.2) is 6.79 Å². The third-order valence-electron chi connectivity index (χ3n) is 2.58. The summed E-state index contributed by atoms with van der Waals surface area (Å²) in [6, 6.07) is 3.59. The van der Waals surface area contributed by atoms with Crippen LogP contribution in [0.15, 0.2) is 12.1 Å². The van der Waals surface area contributed by atoms with E-state index in [2.05, 4.69) is 0 Å². The summed E-state index contributed by atoms with van der Waals surface area (Å²) in [5.74, 6) is 1.05. The Morgan fingerprint density at radius 1 is 1.16 bits per heavy atom. The predicted molar refractivity (Wildman–Crippen MR) is 73.5 cm³/mol. The number of methoxy groups -OCH3 is 1. The van der Waals surface area contributed by atoms with Gasteiger partial charge in [0, 0.05) is 7.11 Å². The van der Waals surface area contributed by atoms with Crippen molar-refractivity contribution in [2.24, 2.45) is 5.41 Å². The van der Waals surface area contributed by atoms with Gasteiger partial charge in [-0.2, -0.15) is 0 Å². The van der Waals surface area contributed by atoms with Crippen LogP contribution in [0.25, 0.3) is 0 Å². The minimum Gasteiger partial charge on any atom is -0.467 e. The molecule has 4 heteroatoms. The van der Waals surface area contributed by atoms with Gasteiger partial charge in [-0.25, -0.2) is 0 Å². The second-order valence-corrected chi connectivity index (χ2v) is 5.58. The number of benzene rings is 1. The van der Waals surface area contributed by atoms with Gasteiger partial charge < -0.3 is 14.2 Å². The molecule has 0 fully saturated rings. The van der Waals surface area contributed by atoms with Crippen molar-refractivity contribution < 1.29 is 19.0 Å². The van der Waals surface area contributed by atoms with Crippen LogP contribution < -0.4 is 9.47 Å². The second-order valence-electron chi connectivity index (χ2n) is 5.58. The summed E-state index contributed by atoms with van der Waals surface area (Å²) in [6.07, 6.45) is 0. The fourth-order valence-corrected chi connectivity index (χ4v) is 1.58. The molecule has 1 aromatic carbocycles. The molecule has 1 aromatic rings. The van der Waals surface area contributed by atoms with Crippen LogP contribution in [-0.2, 0) is 9.53 Å². The molecule has 4 nitrogen and oxygen atoms in total. The number of carbonyl (C=O) groups is 1. The van der Waals surface area contributed by atoms with Crippen LogP contribution in [0.3, 0.4) is 0 Å². The lowest BCUT2D eigenvalue weighted by atomic mass is 9.97. The van der Waals surface area contributed by atoms with E-state index >= 15 is 0 Å². The zero-order valence-electron chi connectivity index (χ0n) is 12.5. The minimum atomic E-state index is -0.521.